The smallest absolute Gasteiger partial charge is 0.311 e. The Morgan fingerprint density at radius 2 is 1.59 bits per heavy atom. The van der Waals surface area contributed by atoms with Crippen molar-refractivity contribution < 1.29 is 19.5 Å². The summed E-state index contributed by atoms with van der Waals surface area (Å²) in [5.74, 6) is -1.81. The van der Waals surface area contributed by atoms with Crippen molar-refractivity contribution in [2.45, 2.75) is 39.7 Å². The number of carbonyl (C=O) groups is 3. The molecule has 17 heavy (non-hydrogen) atoms. The molecule has 0 spiro atoms. The highest BCUT2D eigenvalue weighted by atomic mass is 16.4. The van der Waals surface area contributed by atoms with Crippen LogP contribution in [0.2, 0.25) is 0 Å². The first-order valence-corrected chi connectivity index (χ1v) is 5.73. The van der Waals surface area contributed by atoms with Crippen LogP contribution in [-0.2, 0) is 14.4 Å². The molecule has 2 rings (SSSR count). The average Bonchev–Trinajstić information content (AvgIpc) is 2.91. The van der Waals surface area contributed by atoms with Gasteiger partial charge in [-0.25, -0.2) is 0 Å². The molecule has 5 nitrogen and oxygen atoms in total. The van der Waals surface area contributed by atoms with Gasteiger partial charge in [0.15, 0.2) is 0 Å². The number of aliphatic carboxylic acids is 1. The van der Waals surface area contributed by atoms with Gasteiger partial charge in [-0.15, -0.1) is 0 Å². The number of carboxylic acids is 1. The molecule has 2 unspecified atom stereocenters. The summed E-state index contributed by atoms with van der Waals surface area (Å²) in [5.41, 5.74) is -2.18. The van der Waals surface area contributed by atoms with E-state index in [0.717, 1.165) is 0 Å². The Kier molecular flexibility index (Phi) is 2.19. The van der Waals surface area contributed by atoms with Crippen molar-refractivity contribution in [3.63, 3.8) is 0 Å². The van der Waals surface area contributed by atoms with Gasteiger partial charge in [0.25, 0.3) is 0 Å². The Hall–Kier alpha value is -1.39. The molecule has 2 amide bonds. The predicted octanol–water partition coefficient (Wildman–Crippen LogP) is 0.881. The molecule has 0 aromatic rings. The first-order chi connectivity index (χ1) is 7.62. The van der Waals surface area contributed by atoms with Gasteiger partial charge in [-0.3, -0.25) is 19.3 Å². The number of imide groups is 1. The van der Waals surface area contributed by atoms with E-state index in [9.17, 15) is 19.5 Å². The second-order valence-corrected chi connectivity index (χ2v) is 5.95. The van der Waals surface area contributed by atoms with Gasteiger partial charge in [0.05, 0.1) is 22.8 Å². The Bertz CT molecular complexity index is 404. The summed E-state index contributed by atoms with van der Waals surface area (Å²) in [6, 6.07) is 0. The number of nitrogens with zero attached hydrogens (tertiary/aromatic N) is 1. The van der Waals surface area contributed by atoms with E-state index in [1.54, 1.807) is 27.7 Å². The van der Waals surface area contributed by atoms with E-state index in [1.807, 2.05) is 0 Å². The summed E-state index contributed by atoms with van der Waals surface area (Å²) in [6.07, 6.45) is 0.637. The zero-order valence-corrected chi connectivity index (χ0v) is 10.5. The minimum Gasteiger partial charge on any atom is -0.481 e. The fourth-order valence-corrected chi connectivity index (χ4v) is 2.27. The Labute approximate surface area is 99.8 Å². The molecule has 0 bridgehead atoms. The molecule has 0 aromatic heterocycles. The topological polar surface area (TPSA) is 74.7 Å². The van der Waals surface area contributed by atoms with Crippen LogP contribution in [0.3, 0.4) is 0 Å². The highest BCUT2D eigenvalue weighted by Gasteiger charge is 2.64. The number of hydrogen-bond acceptors (Lipinski definition) is 3. The summed E-state index contributed by atoms with van der Waals surface area (Å²) < 4.78 is 0. The maximum absolute atomic E-state index is 12.0. The van der Waals surface area contributed by atoms with Gasteiger partial charge in [0.2, 0.25) is 11.8 Å². The van der Waals surface area contributed by atoms with Crippen molar-refractivity contribution in [1.29, 1.82) is 0 Å². The first-order valence-electron chi connectivity index (χ1n) is 5.73. The van der Waals surface area contributed by atoms with Gasteiger partial charge in [0, 0.05) is 0 Å². The molecule has 1 saturated carbocycles. The fraction of sp³-hybridized carbons (Fsp3) is 0.750. The van der Waals surface area contributed by atoms with Gasteiger partial charge in [-0.1, -0.05) is 0 Å². The van der Waals surface area contributed by atoms with E-state index in [2.05, 4.69) is 0 Å². The minimum atomic E-state index is -1.17. The van der Waals surface area contributed by atoms with E-state index >= 15 is 0 Å². The Balaban J connectivity index is 2.36. The standard InChI is InChI=1S/C12H17NO4/c1-11(2,10(16)17)12(3,4)13-8(14)6-5-7(6)9(13)15/h6-7H,5H2,1-4H3,(H,16,17). The molecule has 2 atom stereocenters. The van der Waals surface area contributed by atoms with Crippen LogP contribution in [0.4, 0.5) is 0 Å². The minimum absolute atomic E-state index is 0.189. The molecule has 2 fully saturated rings. The molecule has 94 valence electrons. The van der Waals surface area contributed by atoms with Crippen molar-refractivity contribution >= 4 is 17.8 Å². The highest BCUT2D eigenvalue weighted by Crippen LogP contribution is 2.51. The molecule has 1 N–H and O–H groups in total. The third-order valence-electron chi connectivity index (χ3n) is 4.49. The van der Waals surface area contributed by atoms with Gasteiger partial charge in [0.1, 0.15) is 0 Å². The second kappa shape index (κ2) is 3.09. The van der Waals surface area contributed by atoms with Crippen LogP contribution in [0, 0.1) is 17.3 Å². The lowest BCUT2D eigenvalue weighted by molar-refractivity contribution is -0.163. The third kappa shape index (κ3) is 1.34. The number of carbonyl (C=O) groups excluding carboxylic acids is 2. The summed E-state index contributed by atoms with van der Waals surface area (Å²) >= 11 is 0. The molecule has 1 saturated heterocycles. The zero-order valence-electron chi connectivity index (χ0n) is 10.5. The number of carboxylic acid groups (broad SMARTS) is 1. The van der Waals surface area contributed by atoms with Crippen molar-refractivity contribution in [3.05, 3.63) is 0 Å². The summed E-state index contributed by atoms with van der Waals surface area (Å²) in [7, 11) is 0. The van der Waals surface area contributed by atoms with E-state index in [0.29, 0.717) is 6.42 Å². The second-order valence-electron chi connectivity index (χ2n) is 5.95. The molecule has 0 radical (unpaired) electrons. The van der Waals surface area contributed by atoms with Crippen molar-refractivity contribution in [2.75, 3.05) is 0 Å². The first kappa shape index (κ1) is 12.1. The molecule has 1 aliphatic heterocycles. The van der Waals surface area contributed by atoms with Crippen LogP contribution in [0.1, 0.15) is 34.1 Å². The van der Waals surface area contributed by atoms with Crippen LogP contribution in [0.25, 0.3) is 0 Å². The Morgan fingerprint density at radius 3 is 1.94 bits per heavy atom. The lowest BCUT2D eigenvalue weighted by atomic mass is 9.73. The van der Waals surface area contributed by atoms with Crippen LogP contribution >= 0.6 is 0 Å². The quantitative estimate of drug-likeness (QED) is 0.742. The van der Waals surface area contributed by atoms with Gasteiger partial charge in [-0.05, 0) is 34.1 Å². The van der Waals surface area contributed by atoms with Crippen LogP contribution in [0.5, 0.6) is 0 Å². The maximum atomic E-state index is 12.0. The molecule has 5 heteroatoms. The monoisotopic (exact) mass is 239 g/mol. The molecular formula is C12H17NO4. The fourth-order valence-electron chi connectivity index (χ4n) is 2.27. The molecular weight excluding hydrogens is 222 g/mol. The van der Waals surface area contributed by atoms with Gasteiger partial charge in [-0.2, -0.15) is 0 Å². The van der Waals surface area contributed by atoms with E-state index in [4.69, 9.17) is 0 Å². The van der Waals surface area contributed by atoms with Crippen LogP contribution in [0.15, 0.2) is 0 Å². The normalized spacial score (nSPS) is 28.4. The molecule has 2 aliphatic rings. The van der Waals surface area contributed by atoms with Crippen LogP contribution in [-0.4, -0.2) is 33.3 Å². The largest absolute Gasteiger partial charge is 0.481 e. The number of rotatable bonds is 3. The number of piperidine rings is 1. The number of fused-ring (bicyclic) bond motifs is 1. The Morgan fingerprint density at radius 1 is 1.18 bits per heavy atom. The lowest BCUT2D eigenvalue weighted by Crippen LogP contribution is -2.59. The molecule has 1 heterocycles. The van der Waals surface area contributed by atoms with Gasteiger partial charge < -0.3 is 5.11 Å². The van der Waals surface area contributed by atoms with E-state index in [-0.39, 0.29) is 23.7 Å². The number of likely N-dealkylation sites (tertiary alicyclic amines) is 1. The summed E-state index contributed by atoms with van der Waals surface area (Å²) in [5, 5.41) is 9.24. The highest BCUT2D eigenvalue weighted by molar-refractivity contribution is 6.09. The SMILES string of the molecule is CC(C)(C(=O)O)C(C)(C)N1C(=O)C2CC2C1=O. The number of hydrogen-bond donors (Lipinski definition) is 1. The average molecular weight is 239 g/mol. The van der Waals surface area contributed by atoms with Crippen molar-refractivity contribution in [2.24, 2.45) is 17.3 Å². The van der Waals surface area contributed by atoms with Crippen molar-refractivity contribution in [1.82, 2.24) is 4.90 Å². The van der Waals surface area contributed by atoms with Crippen LogP contribution < -0.4 is 0 Å². The zero-order chi connectivity index (χ0) is 13.2. The maximum Gasteiger partial charge on any atom is 0.311 e. The van der Waals surface area contributed by atoms with Crippen molar-refractivity contribution in [3.8, 4) is 0 Å². The summed E-state index contributed by atoms with van der Waals surface area (Å²) in [6.45, 7) is 6.36. The predicted molar refractivity (Wildman–Crippen MR) is 58.9 cm³/mol. The number of amides is 2. The lowest BCUT2D eigenvalue weighted by Gasteiger charge is -2.44. The third-order valence-corrected chi connectivity index (χ3v) is 4.49. The van der Waals surface area contributed by atoms with E-state index in [1.165, 1.54) is 4.90 Å². The summed E-state index contributed by atoms with van der Waals surface area (Å²) in [4.78, 5) is 36.4. The molecule has 1 aliphatic carbocycles. The molecule has 0 aromatic carbocycles. The van der Waals surface area contributed by atoms with E-state index < -0.39 is 16.9 Å². The van der Waals surface area contributed by atoms with Gasteiger partial charge >= 0.3 is 5.97 Å².